The van der Waals surface area contributed by atoms with Gasteiger partial charge in [-0.05, 0) is 6.92 Å². The number of nitrogens with zero attached hydrogens (tertiary/aromatic N) is 1. The van der Waals surface area contributed by atoms with Crippen molar-refractivity contribution in [3.05, 3.63) is 33.1 Å². The van der Waals surface area contributed by atoms with Crippen molar-refractivity contribution < 1.29 is 14.6 Å². The van der Waals surface area contributed by atoms with Crippen molar-refractivity contribution in [3.63, 3.8) is 0 Å². The highest BCUT2D eigenvalue weighted by Crippen LogP contribution is 2.23. The van der Waals surface area contributed by atoms with Crippen LogP contribution in [-0.2, 0) is 9.53 Å². The molecule has 3 atom stereocenters. The number of hydrogen-bond donors (Lipinski definition) is 2. The summed E-state index contributed by atoms with van der Waals surface area (Å²) in [5, 5.41) is 9.55. The average Bonchev–Trinajstić information content (AvgIpc) is 2.46. The van der Waals surface area contributed by atoms with Gasteiger partial charge < -0.3 is 9.84 Å². The second-order valence-electron chi connectivity index (χ2n) is 3.53. The number of carbonyl (C=O) groups is 1. The number of aromatic nitrogens is 2. The van der Waals surface area contributed by atoms with Crippen molar-refractivity contribution in [3.8, 4) is 0 Å². The summed E-state index contributed by atoms with van der Waals surface area (Å²) < 4.78 is 6.11. The molecule has 0 saturated carbocycles. The van der Waals surface area contributed by atoms with E-state index in [1.807, 2.05) is 4.98 Å². The van der Waals surface area contributed by atoms with E-state index in [0.29, 0.717) is 0 Å². The fourth-order valence-electron chi connectivity index (χ4n) is 1.58. The zero-order chi connectivity index (χ0) is 11.9. The van der Waals surface area contributed by atoms with E-state index < -0.39 is 35.5 Å². The standard InChI is InChI=1S/C9H10N2O5/c1-4-6(13)7(14)8(16-4)11-3-2-5(12)10-9(11)15/h2-4,7-8,14H,1H3,(H,10,12,15)/t4-,7+,8-/m1/s1. The first-order valence-corrected chi connectivity index (χ1v) is 4.69. The molecule has 1 aliphatic heterocycles. The van der Waals surface area contributed by atoms with Gasteiger partial charge >= 0.3 is 5.69 Å². The highest BCUT2D eigenvalue weighted by atomic mass is 16.5. The van der Waals surface area contributed by atoms with E-state index in [0.717, 1.165) is 10.6 Å². The first-order chi connectivity index (χ1) is 7.50. The van der Waals surface area contributed by atoms with Crippen LogP contribution in [0, 0.1) is 0 Å². The largest absolute Gasteiger partial charge is 0.380 e. The molecule has 0 spiro atoms. The lowest BCUT2D eigenvalue weighted by Crippen LogP contribution is -2.36. The Morgan fingerprint density at radius 2 is 2.12 bits per heavy atom. The molecule has 0 radical (unpaired) electrons. The smallest absolute Gasteiger partial charge is 0.330 e. The molecule has 86 valence electrons. The average molecular weight is 226 g/mol. The van der Waals surface area contributed by atoms with Crippen LogP contribution in [0.25, 0.3) is 0 Å². The number of aliphatic hydroxyl groups is 1. The van der Waals surface area contributed by atoms with Gasteiger partial charge in [0.15, 0.2) is 18.1 Å². The molecule has 0 amide bonds. The lowest BCUT2D eigenvalue weighted by molar-refractivity contribution is -0.126. The monoisotopic (exact) mass is 226 g/mol. The van der Waals surface area contributed by atoms with Crippen molar-refractivity contribution in [1.29, 1.82) is 0 Å². The SMILES string of the molecule is C[C@H]1O[C@@H](n2ccc(=O)[nH]c2=O)[C@@H](O)C1=O. The Bertz CT molecular complexity index is 531. The summed E-state index contributed by atoms with van der Waals surface area (Å²) in [4.78, 5) is 35.5. The van der Waals surface area contributed by atoms with E-state index in [4.69, 9.17) is 4.74 Å². The third kappa shape index (κ3) is 1.59. The normalized spacial score (nSPS) is 29.6. The number of ketones is 1. The van der Waals surface area contributed by atoms with Gasteiger partial charge in [0.05, 0.1) is 0 Å². The predicted molar refractivity (Wildman–Crippen MR) is 51.9 cm³/mol. The molecule has 1 fully saturated rings. The van der Waals surface area contributed by atoms with Crippen LogP contribution in [0.1, 0.15) is 13.2 Å². The first-order valence-electron chi connectivity index (χ1n) is 4.69. The van der Waals surface area contributed by atoms with E-state index >= 15 is 0 Å². The van der Waals surface area contributed by atoms with Crippen LogP contribution < -0.4 is 11.2 Å². The third-order valence-corrected chi connectivity index (χ3v) is 2.43. The fraction of sp³-hybridized carbons (Fsp3) is 0.444. The molecule has 0 aromatic carbocycles. The minimum atomic E-state index is -1.39. The van der Waals surface area contributed by atoms with Crippen molar-refractivity contribution in [2.45, 2.75) is 25.4 Å². The molecule has 1 saturated heterocycles. The number of carbonyl (C=O) groups excluding carboxylic acids is 1. The van der Waals surface area contributed by atoms with Gasteiger partial charge in [-0.25, -0.2) is 4.79 Å². The molecule has 7 heteroatoms. The van der Waals surface area contributed by atoms with Crippen LogP contribution in [0.5, 0.6) is 0 Å². The summed E-state index contributed by atoms with van der Waals surface area (Å²) in [6.45, 7) is 1.49. The molecule has 2 rings (SSSR count). The zero-order valence-electron chi connectivity index (χ0n) is 8.41. The highest BCUT2D eigenvalue weighted by Gasteiger charge is 2.41. The molecule has 2 N–H and O–H groups in total. The van der Waals surface area contributed by atoms with Crippen LogP contribution in [0.15, 0.2) is 21.9 Å². The summed E-state index contributed by atoms with van der Waals surface area (Å²) in [5.41, 5.74) is -1.27. The number of ether oxygens (including phenoxy) is 1. The van der Waals surface area contributed by atoms with E-state index in [-0.39, 0.29) is 0 Å². The Kier molecular flexibility index (Phi) is 2.49. The van der Waals surface area contributed by atoms with Crippen LogP contribution >= 0.6 is 0 Å². The Balaban J connectivity index is 2.43. The summed E-state index contributed by atoms with van der Waals surface area (Å²) in [6.07, 6.45) is -2.05. The minimum Gasteiger partial charge on any atom is -0.380 e. The van der Waals surface area contributed by atoms with Gasteiger partial charge in [-0.2, -0.15) is 0 Å². The number of rotatable bonds is 1. The van der Waals surface area contributed by atoms with Crippen LogP contribution in [0.3, 0.4) is 0 Å². The molecule has 0 unspecified atom stereocenters. The molecule has 2 heterocycles. The second kappa shape index (κ2) is 3.69. The lowest BCUT2D eigenvalue weighted by atomic mass is 10.2. The summed E-state index contributed by atoms with van der Waals surface area (Å²) >= 11 is 0. The molecular weight excluding hydrogens is 216 g/mol. The summed E-state index contributed by atoms with van der Waals surface area (Å²) in [6, 6.07) is 1.12. The second-order valence-corrected chi connectivity index (χ2v) is 3.53. The van der Waals surface area contributed by atoms with Gasteiger partial charge in [0, 0.05) is 12.3 Å². The van der Waals surface area contributed by atoms with Crippen molar-refractivity contribution >= 4 is 5.78 Å². The summed E-state index contributed by atoms with van der Waals surface area (Å²) in [5.74, 6) is -0.483. The van der Waals surface area contributed by atoms with Crippen molar-refractivity contribution in [2.24, 2.45) is 0 Å². The van der Waals surface area contributed by atoms with Gasteiger partial charge in [-0.15, -0.1) is 0 Å². The maximum Gasteiger partial charge on any atom is 0.330 e. The molecule has 0 bridgehead atoms. The number of nitrogens with one attached hydrogen (secondary N) is 1. The third-order valence-electron chi connectivity index (χ3n) is 2.43. The van der Waals surface area contributed by atoms with Gasteiger partial charge in [-0.3, -0.25) is 19.1 Å². The van der Waals surface area contributed by atoms with E-state index in [1.165, 1.54) is 13.1 Å². The molecular formula is C9H10N2O5. The molecule has 7 nitrogen and oxygen atoms in total. The van der Waals surface area contributed by atoms with Crippen LogP contribution in [0.4, 0.5) is 0 Å². The van der Waals surface area contributed by atoms with E-state index in [9.17, 15) is 19.5 Å². The summed E-state index contributed by atoms with van der Waals surface area (Å²) in [7, 11) is 0. The molecule has 1 aromatic rings. The Labute approximate surface area is 89.3 Å². The maximum atomic E-state index is 11.4. The van der Waals surface area contributed by atoms with E-state index in [2.05, 4.69) is 0 Å². The molecule has 1 aliphatic rings. The van der Waals surface area contributed by atoms with Crippen molar-refractivity contribution in [2.75, 3.05) is 0 Å². The Hall–Kier alpha value is -1.73. The van der Waals surface area contributed by atoms with Gasteiger partial charge in [0.1, 0.15) is 6.10 Å². The maximum absolute atomic E-state index is 11.4. The van der Waals surface area contributed by atoms with Gasteiger partial charge in [-0.1, -0.05) is 0 Å². The number of hydrogen-bond acceptors (Lipinski definition) is 5. The molecule has 1 aromatic heterocycles. The van der Waals surface area contributed by atoms with E-state index in [1.54, 1.807) is 0 Å². The number of H-pyrrole nitrogens is 1. The highest BCUT2D eigenvalue weighted by molar-refractivity contribution is 5.88. The van der Waals surface area contributed by atoms with Crippen LogP contribution in [-0.4, -0.2) is 32.6 Å². The Morgan fingerprint density at radius 3 is 2.62 bits per heavy atom. The van der Waals surface area contributed by atoms with Gasteiger partial charge in [0.2, 0.25) is 0 Å². The lowest BCUT2D eigenvalue weighted by Gasteiger charge is -2.14. The quantitative estimate of drug-likeness (QED) is 0.599. The predicted octanol–water partition coefficient (Wildman–Crippen LogP) is -1.62. The first kappa shape index (κ1) is 10.8. The van der Waals surface area contributed by atoms with Crippen molar-refractivity contribution in [1.82, 2.24) is 9.55 Å². The fourth-order valence-corrected chi connectivity index (χ4v) is 1.58. The number of Topliss-reactive ketones (excluding diaryl/α,β-unsaturated/α-hetero) is 1. The van der Waals surface area contributed by atoms with Gasteiger partial charge in [0.25, 0.3) is 5.56 Å². The number of aromatic amines is 1. The van der Waals surface area contributed by atoms with Crippen LogP contribution in [0.2, 0.25) is 0 Å². The number of aliphatic hydroxyl groups excluding tert-OH is 1. The topological polar surface area (TPSA) is 101 Å². The molecule has 0 aliphatic carbocycles. The molecule has 16 heavy (non-hydrogen) atoms. The Morgan fingerprint density at radius 1 is 1.44 bits per heavy atom. The minimum absolute atomic E-state index is 0.483. The zero-order valence-corrected chi connectivity index (χ0v) is 8.41.